The summed E-state index contributed by atoms with van der Waals surface area (Å²) in [5, 5.41) is 1.57. The van der Waals surface area contributed by atoms with E-state index < -0.39 is 40.7 Å². The minimum absolute atomic E-state index is 0.124. The maximum atomic E-state index is 13.0. The molecule has 1 amide bonds. The Labute approximate surface area is 92.4 Å². The molecule has 94 valence electrons. The zero-order valence-electron chi connectivity index (χ0n) is 8.29. The van der Waals surface area contributed by atoms with Gasteiger partial charge in [0.25, 0.3) is 0 Å². The van der Waals surface area contributed by atoms with Gasteiger partial charge in [-0.15, -0.1) is 0 Å². The molecule has 0 aliphatic heterocycles. The Kier molecular flexibility index (Phi) is 4.00. The number of hydrogen-bond acceptors (Lipinski definition) is 2. The van der Waals surface area contributed by atoms with Gasteiger partial charge in [-0.3, -0.25) is 4.79 Å². The molecule has 0 heterocycles. The summed E-state index contributed by atoms with van der Waals surface area (Å²) in [6.07, 6.45) is -0.306. The van der Waals surface area contributed by atoms with E-state index in [1.165, 1.54) is 0 Å². The molecular formula is C9H7F5N2O. The van der Waals surface area contributed by atoms with E-state index in [-0.39, 0.29) is 13.0 Å². The molecule has 0 atom stereocenters. The van der Waals surface area contributed by atoms with Gasteiger partial charge in [0.15, 0.2) is 23.3 Å². The normalized spacial score (nSPS) is 10.5. The van der Waals surface area contributed by atoms with Crippen LogP contribution in [0.2, 0.25) is 0 Å². The number of nitrogens with one attached hydrogen (secondary N) is 1. The summed E-state index contributed by atoms with van der Waals surface area (Å²) in [6.45, 7) is -0.124. The fourth-order valence-corrected chi connectivity index (χ4v) is 1.05. The van der Waals surface area contributed by atoms with Gasteiger partial charge >= 0.3 is 0 Å². The third-order valence-corrected chi connectivity index (χ3v) is 1.85. The van der Waals surface area contributed by atoms with Gasteiger partial charge in [0, 0.05) is 13.0 Å². The molecule has 0 aliphatic carbocycles. The Hall–Kier alpha value is -1.70. The van der Waals surface area contributed by atoms with E-state index in [4.69, 9.17) is 5.73 Å². The summed E-state index contributed by atoms with van der Waals surface area (Å²) in [7, 11) is 0. The first kappa shape index (κ1) is 13.4. The van der Waals surface area contributed by atoms with Crippen molar-refractivity contribution in [2.45, 2.75) is 6.42 Å². The lowest BCUT2D eigenvalue weighted by atomic mass is 10.2. The molecule has 0 unspecified atom stereocenters. The van der Waals surface area contributed by atoms with Crippen LogP contribution in [0.1, 0.15) is 6.42 Å². The van der Waals surface area contributed by atoms with Crippen molar-refractivity contribution in [2.24, 2.45) is 5.73 Å². The first-order valence-electron chi connectivity index (χ1n) is 4.41. The molecule has 0 saturated carbocycles. The number of benzene rings is 1. The van der Waals surface area contributed by atoms with Crippen LogP contribution in [-0.2, 0) is 4.79 Å². The van der Waals surface area contributed by atoms with Crippen LogP contribution in [0.4, 0.5) is 27.6 Å². The topological polar surface area (TPSA) is 55.1 Å². The molecule has 8 heteroatoms. The highest BCUT2D eigenvalue weighted by Crippen LogP contribution is 2.27. The van der Waals surface area contributed by atoms with E-state index in [9.17, 15) is 26.7 Å². The summed E-state index contributed by atoms with van der Waals surface area (Å²) in [5.74, 6) is -11.6. The second kappa shape index (κ2) is 5.09. The Morgan fingerprint density at radius 2 is 1.35 bits per heavy atom. The number of nitrogens with two attached hydrogens (primary N) is 1. The van der Waals surface area contributed by atoms with Gasteiger partial charge in [0.1, 0.15) is 5.69 Å². The standard InChI is InChI=1S/C9H7F5N2O/c10-4-5(11)7(13)9(8(14)6(4)12)16-3(17)1-2-15/h1-2,15H2,(H,16,17). The van der Waals surface area contributed by atoms with Gasteiger partial charge in [-0.1, -0.05) is 0 Å². The highest BCUT2D eigenvalue weighted by Gasteiger charge is 2.26. The second-order valence-corrected chi connectivity index (χ2v) is 3.03. The zero-order valence-corrected chi connectivity index (χ0v) is 8.29. The van der Waals surface area contributed by atoms with Crippen molar-refractivity contribution in [3.05, 3.63) is 29.1 Å². The van der Waals surface area contributed by atoms with E-state index in [1.807, 2.05) is 0 Å². The summed E-state index contributed by atoms with van der Waals surface area (Å²) in [5.41, 5.74) is 3.61. The highest BCUT2D eigenvalue weighted by atomic mass is 19.2. The lowest BCUT2D eigenvalue weighted by Gasteiger charge is -2.09. The number of halogens is 5. The first-order valence-corrected chi connectivity index (χ1v) is 4.41. The zero-order chi connectivity index (χ0) is 13.2. The quantitative estimate of drug-likeness (QED) is 0.489. The van der Waals surface area contributed by atoms with E-state index >= 15 is 0 Å². The molecule has 0 bridgehead atoms. The minimum Gasteiger partial charge on any atom is -0.330 e. The number of anilines is 1. The Bertz CT molecular complexity index is 434. The predicted molar refractivity (Wildman–Crippen MR) is 48.5 cm³/mol. The number of rotatable bonds is 3. The van der Waals surface area contributed by atoms with Gasteiger partial charge in [-0.2, -0.15) is 0 Å². The minimum atomic E-state index is -2.28. The fourth-order valence-electron chi connectivity index (χ4n) is 1.05. The van der Waals surface area contributed by atoms with Crippen LogP contribution < -0.4 is 11.1 Å². The van der Waals surface area contributed by atoms with E-state index in [0.717, 1.165) is 0 Å². The van der Waals surface area contributed by atoms with Gasteiger partial charge in [0.05, 0.1) is 0 Å². The predicted octanol–water partition coefficient (Wildman–Crippen LogP) is 1.67. The van der Waals surface area contributed by atoms with Crippen LogP contribution in [-0.4, -0.2) is 12.5 Å². The van der Waals surface area contributed by atoms with Crippen molar-refractivity contribution in [3.8, 4) is 0 Å². The van der Waals surface area contributed by atoms with Gasteiger partial charge in [-0.25, -0.2) is 22.0 Å². The second-order valence-electron chi connectivity index (χ2n) is 3.03. The van der Waals surface area contributed by atoms with Crippen LogP contribution in [0.15, 0.2) is 0 Å². The van der Waals surface area contributed by atoms with Crippen LogP contribution in [0.25, 0.3) is 0 Å². The number of amides is 1. The third-order valence-electron chi connectivity index (χ3n) is 1.85. The highest BCUT2D eigenvalue weighted by molar-refractivity contribution is 5.91. The smallest absolute Gasteiger partial charge is 0.225 e. The molecule has 0 saturated heterocycles. The average Bonchev–Trinajstić information content (AvgIpc) is 2.30. The van der Waals surface area contributed by atoms with Crippen molar-refractivity contribution in [1.29, 1.82) is 0 Å². The lowest BCUT2D eigenvalue weighted by Crippen LogP contribution is -2.19. The number of hydrogen-bond donors (Lipinski definition) is 2. The largest absolute Gasteiger partial charge is 0.330 e. The first-order chi connectivity index (χ1) is 7.90. The van der Waals surface area contributed by atoms with Crippen LogP contribution in [0.3, 0.4) is 0 Å². The molecule has 3 nitrogen and oxygen atoms in total. The monoisotopic (exact) mass is 254 g/mol. The molecule has 0 aliphatic rings. The van der Waals surface area contributed by atoms with Crippen LogP contribution in [0.5, 0.6) is 0 Å². The Morgan fingerprint density at radius 3 is 1.76 bits per heavy atom. The molecule has 1 rings (SSSR count). The molecule has 1 aromatic rings. The molecule has 1 aromatic carbocycles. The Morgan fingerprint density at radius 1 is 0.941 bits per heavy atom. The lowest BCUT2D eigenvalue weighted by molar-refractivity contribution is -0.116. The molecule has 17 heavy (non-hydrogen) atoms. The van der Waals surface area contributed by atoms with Crippen molar-refractivity contribution >= 4 is 11.6 Å². The van der Waals surface area contributed by atoms with Crippen molar-refractivity contribution in [1.82, 2.24) is 0 Å². The third kappa shape index (κ3) is 2.52. The molecule has 0 spiro atoms. The summed E-state index contributed by atoms with van der Waals surface area (Å²) in [6, 6.07) is 0. The van der Waals surface area contributed by atoms with E-state index in [1.54, 1.807) is 5.32 Å². The average molecular weight is 254 g/mol. The maximum absolute atomic E-state index is 13.0. The van der Waals surface area contributed by atoms with Gasteiger partial charge in [-0.05, 0) is 0 Å². The summed E-state index contributed by atoms with van der Waals surface area (Å²) >= 11 is 0. The molecule has 0 radical (unpaired) electrons. The van der Waals surface area contributed by atoms with E-state index in [0.29, 0.717) is 0 Å². The van der Waals surface area contributed by atoms with Crippen LogP contribution >= 0.6 is 0 Å². The summed E-state index contributed by atoms with van der Waals surface area (Å²) < 4.78 is 64.1. The van der Waals surface area contributed by atoms with Gasteiger partial charge in [0.2, 0.25) is 11.7 Å². The van der Waals surface area contributed by atoms with Gasteiger partial charge < -0.3 is 11.1 Å². The summed E-state index contributed by atoms with van der Waals surface area (Å²) in [4.78, 5) is 11.0. The number of carbonyl (C=O) groups excluding carboxylic acids is 1. The molecule has 0 fully saturated rings. The SMILES string of the molecule is NCCC(=O)Nc1c(F)c(F)c(F)c(F)c1F. The van der Waals surface area contributed by atoms with Crippen LogP contribution in [0, 0.1) is 29.1 Å². The molecule has 0 aromatic heterocycles. The van der Waals surface area contributed by atoms with Crippen molar-refractivity contribution < 1.29 is 26.7 Å². The molecular weight excluding hydrogens is 247 g/mol. The van der Waals surface area contributed by atoms with Crippen molar-refractivity contribution in [3.63, 3.8) is 0 Å². The van der Waals surface area contributed by atoms with E-state index in [2.05, 4.69) is 0 Å². The molecule has 3 N–H and O–H groups in total. The fraction of sp³-hybridized carbons (Fsp3) is 0.222. The number of carbonyl (C=O) groups is 1. The maximum Gasteiger partial charge on any atom is 0.225 e. The Balaban J connectivity index is 3.20. The van der Waals surface area contributed by atoms with Crippen molar-refractivity contribution in [2.75, 3.05) is 11.9 Å².